The summed E-state index contributed by atoms with van der Waals surface area (Å²) in [4.78, 5) is 34.4. The number of hydrogen-bond donors (Lipinski definition) is 1. The first-order valence-electron chi connectivity index (χ1n) is 12.8. The zero-order valence-corrected chi connectivity index (χ0v) is 23.3. The van der Waals surface area contributed by atoms with Crippen LogP contribution in [0.15, 0.2) is 34.4 Å². The molecule has 5 rings (SSSR count). The molecule has 3 amide bonds. The van der Waals surface area contributed by atoms with E-state index >= 15 is 0 Å². The van der Waals surface area contributed by atoms with Gasteiger partial charge in [-0.05, 0) is 44.7 Å². The number of sulfonamides is 1. The molecule has 0 radical (unpaired) electrons. The van der Waals surface area contributed by atoms with E-state index in [1.165, 1.54) is 14.2 Å². The predicted octanol–water partition coefficient (Wildman–Crippen LogP) is 1.12. The fourth-order valence-corrected chi connectivity index (χ4v) is 6.69. The first-order valence-corrected chi connectivity index (χ1v) is 14.3. The Balaban J connectivity index is 1.39. The van der Waals surface area contributed by atoms with Gasteiger partial charge in [0.05, 0.1) is 12.1 Å². The van der Waals surface area contributed by atoms with Gasteiger partial charge in [0.15, 0.2) is 6.23 Å². The molecule has 0 aliphatic carbocycles. The van der Waals surface area contributed by atoms with E-state index in [2.05, 4.69) is 20.9 Å². The molecule has 3 unspecified atom stereocenters. The zero-order valence-electron chi connectivity index (χ0n) is 22.5. The SMILES string of the molecule is C#Cc1ccc2[nH]c(S(=O)(=O)N3CCN(C(=O)N4CCC5C(=N4)OC(C)N5C)C(CC(=O)N(C)C)C3)cc2c1. The summed E-state index contributed by atoms with van der Waals surface area (Å²) >= 11 is 0. The third-order valence-corrected chi connectivity index (χ3v) is 9.46. The van der Waals surface area contributed by atoms with E-state index in [1.54, 1.807) is 43.3 Å². The average molecular weight is 556 g/mol. The van der Waals surface area contributed by atoms with Crippen molar-refractivity contribution in [1.82, 2.24) is 29.0 Å². The lowest BCUT2D eigenvalue weighted by atomic mass is 10.1. The van der Waals surface area contributed by atoms with E-state index in [4.69, 9.17) is 11.2 Å². The third kappa shape index (κ3) is 4.95. The second-order valence-corrected chi connectivity index (χ2v) is 12.2. The van der Waals surface area contributed by atoms with E-state index in [0.717, 1.165) is 0 Å². The molecule has 0 bridgehead atoms. The first kappa shape index (κ1) is 27.0. The number of aromatic amines is 1. The summed E-state index contributed by atoms with van der Waals surface area (Å²) in [7, 11) is 1.29. The van der Waals surface area contributed by atoms with Gasteiger partial charge < -0.3 is 19.5 Å². The summed E-state index contributed by atoms with van der Waals surface area (Å²) in [5.74, 6) is 2.85. The Morgan fingerprint density at radius 1 is 1.23 bits per heavy atom. The summed E-state index contributed by atoms with van der Waals surface area (Å²) in [6, 6.07) is 5.77. The standard InChI is InChI=1S/C26H33N7O5S/c1-6-18-7-8-21-19(13-18)14-23(27-21)39(36,37)31-11-12-32(20(16-31)15-24(34)29(3)4)26(35)33-10-9-22-25(28-33)38-17(2)30(22)5/h1,7-8,13-14,17,20,22,27H,9-12,15-16H2,2-5H3. The maximum Gasteiger partial charge on any atom is 0.340 e. The maximum atomic E-state index is 13.6. The molecule has 4 heterocycles. The monoisotopic (exact) mass is 555 g/mol. The van der Waals surface area contributed by atoms with Gasteiger partial charge in [0, 0.05) is 63.2 Å². The lowest BCUT2D eigenvalue weighted by Crippen LogP contribution is -2.60. The summed E-state index contributed by atoms with van der Waals surface area (Å²) in [6.45, 7) is 2.50. The van der Waals surface area contributed by atoms with Gasteiger partial charge in [-0.3, -0.25) is 9.69 Å². The molecule has 2 aromatic rings. The number of amides is 3. The number of piperazine rings is 1. The number of terminal acetylenes is 1. The van der Waals surface area contributed by atoms with Crippen molar-refractivity contribution in [1.29, 1.82) is 0 Å². The van der Waals surface area contributed by atoms with Crippen LogP contribution in [-0.2, 0) is 19.6 Å². The maximum absolute atomic E-state index is 13.6. The van der Waals surface area contributed by atoms with Crippen LogP contribution in [0.25, 0.3) is 10.9 Å². The van der Waals surface area contributed by atoms with Crippen LogP contribution in [0.2, 0.25) is 0 Å². The van der Waals surface area contributed by atoms with Crippen molar-refractivity contribution in [2.75, 3.05) is 47.3 Å². The minimum Gasteiger partial charge on any atom is -0.460 e. The molecule has 12 nitrogen and oxygen atoms in total. The van der Waals surface area contributed by atoms with Gasteiger partial charge in [0.2, 0.25) is 11.8 Å². The summed E-state index contributed by atoms with van der Waals surface area (Å²) in [5.41, 5.74) is 1.30. The number of H-pyrrole nitrogens is 1. The molecule has 2 saturated heterocycles. The number of urea groups is 1. The largest absolute Gasteiger partial charge is 0.460 e. The van der Waals surface area contributed by atoms with Gasteiger partial charge in [0.25, 0.3) is 10.0 Å². The van der Waals surface area contributed by atoms with Gasteiger partial charge in [-0.1, -0.05) is 5.92 Å². The third-order valence-electron chi connectivity index (χ3n) is 7.68. The number of aromatic nitrogens is 1. The highest BCUT2D eigenvalue weighted by Crippen LogP contribution is 2.28. The molecule has 13 heteroatoms. The molecular weight excluding hydrogens is 522 g/mol. The minimum absolute atomic E-state index is 0.0187. The van der Waals surface area contributed by atoms with Crippen LogP contribution in [0.4, 0.5) is 4.79 Å². The summed E-state index contributed by atoms with van der Waals surface area (Å²) < 4.78 is 34.4. The Bertz CT molecular complexity index is 1480. The van der Waals surface area contributed by atoms with E-state index < -0.39 is 16.1 Å². The van der Waals surface area contributed by atoms with E-state index in [1.807, 2.05) is 14.0 Å². The van der Waals surface area contributed by atoms with Crippen LogP contribution in [0.5, 0.6) is 0 Å². The molecule has 3 aliphatic rings. The molecule has 2 fully saturated rings. The number of nitrogens with one attached hydrogen (secondary N) is 1. The normalized spacial score (nSPS) is 24.2. The number of fused-ring (bicyclic) bond motifs is 2. The lowest BCUT2D eigenvalue weighted by Gasteiger charge is -2.42. The van der Waals surface area contributed by atoms with Gasteiger partial charge in [0.1, 0.15) is 5.03 Å². The van der Waals surface area contributed by atoms with Crippen molar-refractivity contribution in [3.8, 4) is 12.3 Å². The van der Waals surface area contributed by atoms with Crippen LogP contribution < -0.4 is 0 Å². The van der Waals surface area contributed by atoms with Crippen molar-refractivity contribution in [2.45, 2.75) is 43.1 Å². The lowest BCUT2D eigenvalue weighted by molar-refractivity contribution is -0.130. The smallest absolute Gasteiger partial charge is 0.340 e. The minimum atomic E-state index is -3.93. The molecule has 3 aliphatic heterocycles. The number of ether oxygens (including phenoxy) is 1. The zero-order chi connectivity index (χ0) is 28.1. The molecule has 0 saturated carbocycles. The average Bonchev–Trinajstić information content (AvgIpc) is 3.48. The van der Waals surface area contributed by atoms with Crippen molar-refractivity contribution >= 4 is 38.8 Å². The summed E-state index contributed by atoms with van der Waals surface area (Å²) in [5, 5.41) is 6.57. The van der Waals surface area contributed by atoms with E-state index in [9.17, 15) is 18.0 Å². The molecule has 0 spiro atoms. The molecule has 39 heavy (non-hydrogen) atoms. The topological polar surface area (TPSA) is 122 Å². The fourth-order valence-electron chi connectivity index (χ4n) is 5.21. The Hall–Kier alpha value is -3.60. The van der Waals surface area contributed by atoms with Gasteiger partial charge in [-0.15, -0.1) is 11.5 Å². The molecule has 208 valence electrons. The van der Waals surface area contributed by atoms with Gasteiger partial charge >= 0.3 is 6.03 Å². The number of hydrogen-bond acceptors (Lipinski definition) is 7. The predicted molar refractivity (Wildman–Crippen MR) is 145 cm³/mol. The highest BCUT2D eigenvalue weighted by molar-refractivity contribution is 7.89. The molecule has 1 aromatic carbocycles. The number of hydrazone groups is 1. The van der Waals surface area contributed by atoms with E-state index in [-0.39, 0.29) is 55.3 Å². The number of benzene rings is 1. The van der Waals surface area contributed by atoms with E-state index in [0.29, 0.717) is 35.3 Å². The van der Waals surface area contributed by atoms with Crippen LogP contribution in [0.3, 0.4) is 0 Å². The van der Waals surface area contributed by atoms with Crippen LogP contribution in [0, 0.1) is 12.3 Å². The number of nitrogens with zero attached hydrogens (tertiary/aromatic N) is 6. The molecule has 3 atom stereocenters. The number of carbonyl (C=O) groups excluding carboxylic acids is 2. The number of rotatable bonds is 4. The highest BCUT2D eigenvalue weighted by atomic mass is 32.2. The Morgan fingerprint density at radius 2 is 2.00 bits per heavy atom. The van der Waals surface area contributed by atoms with Crippen molar-refractivity contribution in [2.24, 2.45) is 5.10 Å². The van der Waals surface area contributed by atoms with Crippen molar-refractivity contribution < 1.29 is 22.7 Å². The highest BCUT2D eigenvalue weighted by Gasteiger charge is 2.43. The molecule has 1 aromatic heterocycles. The van der Waals surface area contributed by atoms with Crippen LogP contribution >= 0.6 is 0 Å². The second kappa shape index (κ2) is 10.2. The number of carbonyl (C=O) groups is 2. The fraction of sp³-hybridized carbons (Fsp3) is 0.500. The number of likely N-dealkylation sites (N-methyl/N-ethyl adjacent to an activating group) is 1. The quantitative estimate of drug-likeness (QED) is 0.565. The van der Waals surface area contributed by atoms with Gasteiger partial charge in [-0.25, -0.2) is 18.2 Å². The van der Waals surface area contributed by atoms with Crippen molar-refractivity contribution in [3.63, 3.8) is 0 Å². The Morgan fingerprint density at radius 3 is 2.72 bits per heavy atom. The van der Waals surface area contributed by atoms with Crippen LogP contribution in [-0.4, -0.2) is 121 Å². The Kier molecular flexibility index (Phi) is 7.04. The first-order chi connectivity index (χ1) is 18.5. The second-order valence-electron chi connectivity index (χ2n) is 10.3. The van der Waals surface area contributed by atoms with Crippen LogP contribution in [0.1, 0.15) is 25.3 Å². The van der Waals surface area contributed by atoms with Gasteiger partial charge in [-0.2, -0.15) is 4.31 Å². The van der Waals surface area contributed by atoms with Crippen molar-refractivity contribution in [3.05, 3.63) is 29.8 Å². The Labute approximate surface area is 228 Å². The molecule has 1 N–H and O–H groups in total. The summed E-state index contributed by atoms with van der Waals surface area (Å²) in [6.07, 6.45) is 6.00. The molecular formula is C26H33N7O5S.